The molecule has 14 heteroatoms. The summed E-state index contributed by atoms with van der Waals surface area (Å²) in [5.41, 5.74) is 10.1. The van der Waals surface area contributed by atoms with Crippen molar-refractivity contribution in [3.63, 3.8) is 0 Å². The maximum Gasteiger partial charge on any atom is 0.258 e. The average molecular weight is 993 g/mol. The molecule has 12 rings (SSSR count). The molecule has 4 bridgehead atoms. The number of allylic oxidation sites excluding steroid dienone is 2. The van der Waals surface area contributed by atoms with Crippen LogP contribution in [0.4, 0.5) is 0 Å². The number of hydrogen-bond acceptors (Lipinski definition) is 10. The van der Waals surface area contributed by atoms with Crippen molar-refractivity contribution in [3.05, 3.63) is 211 Å². The van der Waals surface area contributed by atoms with Crippen molar-refractivity contribution < 1.29 is 19.8 Å². The summed E-state index contributed by atoms with van der Waals surface area (Å²) in [6.45, 7) is 8.28. The van der Waals surface area contributed by atoms with Gasteiger partial charge >= 0.3 is 0 Å². The molecule has 2 amide bonds. The van der Waals surface area contributed by atoms with Crippen LogP contribution in [0.5, 0.6) is 0 Å². The molecule has 6 aromatic rings. The molecule has 74 heavy (non-hydrogen) atoms. The van der Waals surface area contributed by atoms with Crippen LogP contribution in [0.3, 0.4) is 0 Å². The van der Waals surface area contributed by atoms with Crippen LogP contribution in [0.1, 0.15) is 81.8 Å². The SMILES string of the molecule is C/C=C/c1ccc2n(c1=O)C[C@H]1[C@H](CO)[C@@H](C(=O)N3CCc4ccccc4C3)[C@@H]2N1Cc1ccncc1.C/C=C\c1ccc2n(c1=O)C[C@H]1[C@H](CO)[C@@H](C(=O)N3CCc4ccccc4C3)[C@@H]2N1Cc1ccncc1. The van der Waals surface area contributed by atoms with E-state index in [9.17, 15) is 29.4 Å². The standard InChI is InChI=1S/2C30H32N4O3/c2*1-2-5-22-8-9-25-28-27(30(37)32-15-12-21-6-3-4-7-23(21)17-32)24(19-35)26(18-34(25)29(22)36)33(28)16-20-10-13-31-14-11-20/h2*2-11,13-14,24,26-28,35H,12,15-19H2,1H3/b5-2+;5-2-/t2*24-,26-,27+,28+/m00/s1. The summed E-state index contributed by atoms with van der Waals surface area (Å²) in [4.78, 5) is 72.3. The maximum absolute atomic E-state index is 14.3. The molecule has 10 heterocycles. The lowest BCUT2D eigenvalue weighted by atomic mass is 9.85. The lowest BCUT2D eigenvalue weighted by Gasteiger charge is -2.39. The first-order valence-electron chi connectivity index (χ1n) is 26.2. The third kappa shape index (κ3) is 8.86. The predicted molar refractivity (Wildman–Crippen MR) is 283 cm³/mol. The Hall–Kier alpha value is -7.10. The first kappa shape index (κ1) is 49.1. The van der Waals surface area contributed by atoms with Crippen LogP contribution >= 0.6 is 0 Å². The first-order valence-corrected chi connectivity index (χ1v) is 26.2. The van der Waals surface area contributed by atoms with E-state index < -0.39 is 11.8 Å². The zero-order valence-electron chi connectivity index (χ0n) is 42.1. The van der Waals surface area contributed by atoms with E-state index in [0.717, 1.165) is 35.4 Å². The van der Waals surface area contributed by atoms with Gasteiger partial charge in [0.25, 0.3) is 11.1 Å². The zero-order chi connectivity index (χ0) is 51.0. The number of benzene rings is 2. The van der Waals surface area contributed by atoms with E-state index in [-0.39, 0.29) is 72.1 Å². The predicted octanol–water partition coefficient (Wildman–Crippen LogP) is 6.05. The van der Waals surface area contributed by atoms with Crippen molar-refractivity contribution in [2.45, 2.75) is 90.1 Å². The Labute approximate surface area is 431 Å². The normalized spacial score (nSPS) is 24.8. The van der Waals surface area contributed by atoms with Gasteiger partial charge in [-0.2, -0.15) is 0 Å². The summed E-state index contributed by atoms with van der Waals surface area (Å²) in [6, 6.07) is 31.5. The van der Waals surface area contributed by atoms with Gasteiger partial charge in [0.05, 0.1) is 23.9 Å². The molecule has 6 aliphatic rings. The highest BCUT2D eigenvalue weighted by atomic mass is 16.3. The fourth-order valence-electron chi connectivity index (χ4n) is 13.3. The molecule has 2 saturated heterocycles. The molecule has 0 aliphatic carbocycles. The summed E-state index contributed by atoms with van der Waals surface area (Å²) in [5, 5.41) is 21.3. The van der Waals surface area contributed by atoms with E-state index in [1.165, 1.54) is 22.3 Å². The molecule has 0 spiro atoms. The van der Waals surface area contributed by atoms with E-state index >= 15 is 0 Å². The van der Waals surface area contributed by atoms with Gasteiger partial charge < -0.3 is 29.1 Å². The van der Waals surface area contributed by atoms with E-state index in [0.29, 0.717) is 63.5 Å². The van der Waals surface area contributed by atoms with Gasteiger partial charge in [-0.1, -0.05) is 72.8 Å². The number of aliphatic hydroxyl groups is 2. The molecular formula is C60H64N8O6. The molecule has 0 radical (unpaired) electrons. The highest BCUT2D eigenvalue weighted by molar-refractivity contribution is 5.82. The second-order valence-electron chi connectivity index (χ2n) is 20.6. The van der Waals surface area contributed by atoms with Crippen LogP contribution in [-0.2, 0) is 61.7 Å². The van der Waals surface area contributed by atoms with Gasteiger partial charge in [0.15, 0.2) is 0 Å². The van der Waals surface area contributed by atoms with E-state index in [1.807, 2.05) is 130 Å². The first-order chi connectivity index (χ1) is 36.2. The van der Waals surface area contributed by atoms with Crippen LogP contribution in [0.2, 0.25) is 0 Å². The van der Waals surface area contributed by atoms with Crippen LogP contribution < -0.4 is 11.1 Å². The minimum Gasteiger partial charge on any atom is -0.396 e. The highest BCUT2D eigenvalue weighted by Crippen LogP contribution is 2.51. The van der Waals surface area contributed by atoms with Crippen molar-refractivity contribution in [1.82, 2.24) is 38.7 Å². The van der Waals surface area contributed by atoms with Crippen molar-refractivity contribution in [1.29, 1.82) is 0 Å². The average Bonchev–Trinajstić information content (AvgIpc) is 3.77. The fourth-order valence-corrected chi connectivity index (χ4v) is 13.3. The summed E-state index contributed by atoms with van der Waals surface area (Å²) in [7, 11) is 0. The number of aromatic nitrogens is 4. The van der Waals surface area contributed by atoms with Crippen LogP contribution in [0.15, 0.2) is 144 Å². The number of carbonyl (C=O) groups excluding carboxylic acids is 2. The third-order valence-electron chi connectivity index (χ3n) is 16.8. The second-order valence-corrected chi connectivity index (χ2v) is 20.6. The lowest BCUT2D eigenvalue weighted by molar-refractivity contribution is -0.140. The number of hydrogen-bond donors (Lipinski definition) is 2. The molecule has 6 aliphatic heterocycles. The lowest BCUT2D eigenvalue weighted by Crippen LogP contribution is -2.46. The number of nitrogens with zero attached hydrogens (tertiary/aromatic N) is 8. The topological polar surface area (TPSA) is 157 Å². The summed E-state index contributed by atoms with van der Waals surface area (Å²) in [6.07, 6.45) is 16.2. The van der Waals surface area contributed by atoms with Gasteiger partial charge in [0.2, 0.25) is 11.8 Å². The molecular weight excluding hydrogens is 929 g/mol. The number of carbonyl (C=O) groups is 2. The van der Waals surface area contributed by atoms with Gasteiger partial charge in [-0.05, 0) is 109 Å². The van der Waals surface area contributed by atoms with E-state index in [2.05, 4.69) is 44.0 Å². The largest absolute Gasteiger partial charge is 0.396 e. The number of rotatable bonds is 10. The number of fused-ring (bicyclic) bond motifs is 10. The summed E-state index contributed by atoms with van der Waals surface area (Å²) < 4.78 is 3.68. The zero-order valence-corrected chi connectivity index (χ0v) is 42.1. The van der Waals surface area contributed by atoms with Crippen LogP contribution in [0.25, 0.3) is 12.2 Å². The Morgan fingerprint density at radius 3 is 1.32 bits per heavy atom. The maximum atomic E-state index is 14.3. The van der Waals surface area contributed by atoms with Crippen molar-refractivity contribution >= 4 is 24.0 Å². The van der Waals surface area contributed by atoms with E-state index in [4.69, 9.17) is 0 Å². The second kappa shape index (κ2) is 21.0. The van der Waals surface area contributed by atoms with Gasteiger partial charge in [-0.3, -0.25) is 38.9 Å². The van der Waals surface area contributed by atoms with Crippen LogP contribution in [0, 0.1) is 23.7 Å². The summed E-state index contributed by atoms with van der Waals surface area (Å²) >= 11 is 0. The molecule has 0 unspecified atom stereocenters. The van der Waals surface area contributed by atoms with Gasteiger partial charge in [-0.15, -0.1) is 0 Å². The quantitative estimate of drug-likeness (QED) is 0.166. The number of aliphatic hydroxyl groups excluding tert-OH is 2. The Morgan fingerprint density at radius 2 is 0.946 bits per heavy atom. The molecule has 380 valence electrons. The van der Waals surface area contributed by atoms with Crippen molar-refractivity contribution in [2.75, 3.05) is 26.3 Å². The highest BCUT2D eigenvalue weighted by Gasteiger charge is 2.58. The van der Waals surface area contributed by atoms with E-state index in [1.54, 1.807) is 24.8 Å². The Bertz CT molecular complexity index is 3010. The van der Waals surface area contributed by atoms with Crippen molar-refractivity contribution in [2.24, 2.45) is 23.7 Å². The molecule has 0 saturated carbocycles. The molecule has 4 aromatic heterocycles. The van der Waals surface area contributed by atoms with Gasteiger partial charge in [0.1, 0.15) is 0 Å². The molecule has 14 nitrogen and oxygen atoms in total. The molecule has 2 fully saturated rings. The Morgan fingerprint density at radius 1 is 0.554 bits per heavy atom. The minimum atomic E-state index is -0.428. The molecule has 2 N–H and O–H groups in total. The van der Waals surface area contributed by atoms with Gasteiger partial charge in [0, 0.05) is 137 Å². The summed E-state index contributed by atoms with van der Waals surface area (Å²) in [5.74, 6) is -1.24. The van der Waals surface area contributed by atoms with Crippen LogP contribution in [-0.4, -0.2) is 99.1 Å². The number of amides is 2. The Balaban J connectivity index is 0.000000159. The molecule has 2 aromatic carbocycles. The third-order valence-corrected chi connectivity index (χ3v) is 16.8. The fraction of sp³-hybridized carbons (Fsp3) is 0.367. The molecule has 8 atom stereocenters. The Kier molecular flexibility index (Phi) is 14.0. The van der Waals surface area contributed by atoms with Gasteiger partial charge in [-0.25, -0.2) is 0 Å². The number of pyridine rings is 4. The minimum absolute atomic E-state index is 0.0363. The van der Waals surface area contributed by atoms with Crippen molar-refractivity contribution in [3.8, 4) is 0 Å². The smallest absolute Gasteiger partial charge is 0.258 e. The monoisotopic (exact) mass is 992 g/mol.